The third kappa shape index (κ3) is 1.53. The molecule has 0 bridgehead atoms. The van der Waals surface area contributed by atoms with E-state index in [2.05, 4.69) is 4.99 Å². The second-order valence-electron chi connectivity index (χ2n) is 3.38. The molecule has 1 aromatic carbocycles. The molecule has 0 aromatic heterocycles. The van der Waals surface area contributed by atoms with Gasteiger partial charge < -0.3 is 5.73 Å². The van der Waals surface area contributed by atoms with Crippen molar-refractivity contribution in [1.29, 1.82) is 0 Å². The van der Waals surface area contributed by atoms with Crippen molar-refractivity contribution in [3.05, 3.63) is 41.2 Å². The zero-order chi connectivity index (χ0) is 10.1. The fourth-order valence-corrected chi connectivity index (χ4v) is 1.45. The van der Waals surface area contributed by atoms with E-state index in [1.807, 2.05) is 19.1 Å². The predicted molar refractivity (Wildman–Crippen MR) is 55.4 cm³/mol. The minimum absolute atomic E-state index is 0.241. The Hall–Kier alpha value is -1.64. The Balaban J connectivity index is 2.43. The number of aliphatic imine (C=N–C) groups is 1. The van der Waals surface area contributed by atoms with Crippen LogP contribution in [0, 0.1) is 12.7 Å². The molecule has 1 heterocycles. The number of hydrogen-bond acceptors (Lipinski definition) is 2. The number of nitrogens with zero attached hydrogens (tertiary/aromatic N) is 1. The number of hydrogen-bond donors (Lipinski definition) is 1. The molecular weight excluding hydrogens is 179 g/mol. The number of benzene rings is 1. The summed E-state index contributed by atoms with van der Waals surface area (Å²) in [5, 5.41) is 0. The fraction of sp³-hybridized carbons (Fsp3) is 0.182. The van der Waals surface area contributed by atoms with Crippen LogP contribution < -0.4 is 5.73 Å². The van der Waals surface area contributed by atoms with Gasteiger partial charge in [-0.15, -0.1) is 0 Å². The number of amidine groups is 1. The smallest absolute Gasteiger partial charge is 0.132 e. The molecule has 0 atom stereocenters. The van der Waals surface area contributed by atoms with Gasteiger partial charge in [0.25, 0.3) is 0 Å². The van der Waals surface area contributed by atoms with Gasteiger partial charge in [-0.3, -0.25) is 0 Å². The molecule has 2 N–H and O–H groups in total. The molecule has 1 aliphatic rings. The summed E-state index contributed by atoms with van der Waals surface area (Å²) in [6.07, 6.45) is 2.45. The van der Waals surface area contributed by atoms with Gasteiger partial charge in [0, 0.05) is 12.0 Å². The van der Waals surface area contributed by atoms with Crippen molar-refractivity contribution in [2.75, 3.05) is 0 Å². The van der Waals surface area contributed by atoms with E-state index in [1.54, 1.807) is 6.07 Å². The first kappa shape index (κ1) is 8.94. The maximum atomic E-state index is 13.5. The highest BCUT2D eigenvalue weighted by molar-refractivity contribution is 5.93. The van der Waals surface area contributed by atoms with E-state index in [-0.39, 0.29) is 5.82 Å². The standard InChI is InChI=1S/C11H11FN2/c1-7-2-3-8(9(12)6-7)10-4-5-11(13)14-10/h2-4,6H,5H2,1H3,(H2,13,14). The Bertz CT molecular complexity index is 433. The monoisotopic (exact) mass is 190 g/mol. The highest BCUT2D eigenvalue weighted by atomic mass is 19.1. The highest BCUT2D eigenvalue weighted by Gasteiger charge is 2.11. The van der Waals surface area contributed by atoms with Crippen LogP contribution in [0.4, 0.5) is 4.39 Å². The van der Waals surface area contributed by atoms with Crippen molar-refractivity contribution in [2.24, 2.45) is 10.7 Å². The van der Waals surface area contributed by atoms with Gasteiger partial charge in [0.05, 0.1) is 5.70 Å². The molecule has 2 rings (SSSR count). The number of nitrogens with two attached hydrogens (primary N) is 1. The lowest BCUT2D eigenvalue weighted by Crippen LogP contribution is -2.06. The molecule has 3 heteroatoms. The van der Waals surface area contributed by atoms with E-state index in [4.69, 9.17) is 5.73 Å². The first-order chi connectivity index (χ1) is 6.66. The molecule has 0 spiro atoms. The quantitative estimate of drug-likeness (QED) is 0.724. The Morgan fingerprint density at radius 2 is 2.21 bits per heavy atom. The Morgan fingerprint density at radius 3 is 2.79 bits per heavy atom. The topological polar surface area (TPSA) is 38.4 Å². The third-order valence-electron chi connectivity index (χ3n) is 2.17. The van der Waals surface area contributed by atoms with Crippen LogP contribution in [-0.4, -0.2) is 5.84 Å². The Labute approximate surface area is 82.0 Å². The normalized spacial score (nSPS) is 15.3. The molecule has 0 saturated heterocycles. The van der Waals surface area contributed by atoms with Crippen molar-refractivity contribution in [3.8, 4) is 0 Å². The lowest BCUT2D eigenvalue weighted by atomic mass is 10.1. The summed E-state index contributed by atoms with van der Waals surface area (Å²) in [5.74, 6) is 0.301. The van der Waals surface area contributed by atoms with Crippen molar-refractivity contribution < 1.29 is 4.39 Å². The van der Waals surface area contributed by atoms with Gasteiger partial charge >= 0.3 is 0 Å². The number of rotatable bonds is 1. The van der Waals surface area contributed by atoms with E-state index in [1.165, 1.54) is 6.07 Å². The lowest BCUT2D eigenvalue weighted by molar-refractivity contribution is 0.622. The largest absolute Gasteiger partial charge is 0.387 e. The van der Waals surface area contributed by atoms with Crippen LogP contribution in [0.1, 0.15) is 17.5 Å². The predicted octanol–water partition coefficient (Wildman–Crippen LogP) is 2.24. The molecule has 0 fully saturated rings. The first-order valence-corrected chi connectivity index (χ1v) is 4.46. The van der Waals surface area contributed by atoms with E-state index in [9.17, 15) is 4.39 Å². The van der Waals surface area contributed by atoms with Gasteiger partial charge in [0.1, 0.15) is 11.7 Å². The molecule has 1 aromatic rings. The van der Waals surface area contributed by atoms with Crippen molar-refractivity contribution >= 4 is 11.5 Å². The Kier molecular flexibility index (Phi) is 2.08. The second kappa shape index (κ2) is 3.25. The van der Waals surface area contributed by atoms with Gasteiger partial charge in [-0.05, 0) is 24.6 Å². The zero-order valence-corrected chi connectivity index (χ0v) is 7.92. The van der Waals surface area contributed by atoms with Gasteiger partial charge in [0.2, 0.25) is 0 Å². The van der Waals surface area contributed by atoms with Gasteiger partial charge in [-0.1, -0.05) is 12.1 Å². The molecule has 2 nitrogen and oxygen atoms in total. The summed E-state index contributed by atoms with van der Waals surface area (Å²) in [5.41, 5.74) is 7.59. The summed E-state index contributed by atoms with van der Waals surface area (Å²) < 4.78 is 13.5. The first-order valence-electron chi connectivity index (χ1n) is 4.46. The average Bonchev–Trinajstić information content (AvgIpc) is 2.51. The minimum Gasteiger partial charge on any atom is -0.387 e. The van der Waals surface area contributed by atoms with Crippen LogP contribution >= 0.6 is 0 Å². The van der Waals surface area contributed by atoms with E-state index in [0.717, 1.165) is 5.56 Å². The summed E-state index contributed by atoms with van der Waals surface area (Å²) in [7, 11) is 0. The molecule has 1 aliphatic heterocycles. The molecule has 0 amide bonds. The highest BCUT2D eigenvalue weighted by Crippen LogP contribution is 2.24. The number of aryl methyl sites for hydroxylation is 1. The van der Waals surface area contributed by atoms with Gasteiger partial charge in [-0.2, -0.15) is 0 Å². The third-order valence-corrected chi connectivity index (χ3v) is 2.17. The van der Waals surface area contributed by atoms with Crippen LogP contribution in [0.15, 0.2) is 29.3 Å². The average molecular weight is 190 g/mol. The summed E-state index contributed by atoms with van der Waals surface area (Å²) >= 11 is 0. The lowest BCUT2D eigenvalue weighted by Gasteiger charge is -2.02. The van der Waals surface area contributed by atoms with Crippen LogP contribution in [0.25, 0.3) is 5.70 Å². The SMILES string of the molecule is Cc1ccc(C2=CCC(N)=N2)c(F)c1. The summed E-state index contributed by atoms with van der Waals surface area (Å²) in [6.45, 7) is 1.85. The van der Waals surface area contributed by atoms with E-state index in [0.29, 0.717) is 23.5 Å². The van der Waals surface area contributed by atoms with Crippen LogP contribution in [0.5, 0.6) is 0 Å². The molecule has 0 aliphatic carbocycles. The number of halogens is 1. The van der Waals surface area contributed by atoms with Crippen LogP contribution in [0.2, 0.25) is 0 Å². The van der Waals surface area contributed by atoms with E-state index >= 15 is 0 Å². The summed E-state index contributed by atoms with van der Waals surface area (Å²) in [6, 6.07) is 5.10. The maximum absolute atomic E-state index is 13.5. The van der Waals surface area contributed by atoms with Crippen molar-refractivity contribution in [3.63, 3.8) is 0 Å². The molecule has 0 saturated carbocycles. The molecular formula is C11H11FN2. The molecule has 0 unspecified atom stereocenters. The zero-order valence-electron chi connectivity index (χ0n) is 7.92. The van der Waals surface area contributed by atoms with Crippen LogP contribution in [-0.2, 0) is 0 Å². The minimum atomic E-state index is -0.241. The molecule has 72 valence electrons. The van der Waals surface area contributed by atoms with E-state index < -0.39 is 0 Å². The Morgan fingerprint density at radius 1 is 1.43 bits per heavy atom. The maximum Gasteiger partial charge on any atom is 0.132 e. The van der Waals surface area contributed by atoms with Crippen LogP contribution in [0.3, 0.4) is 0 Å². The van der Waals surface area contributed by atoms with Crippen molar-refractivity contribution in [2.45, 2.75) is 13.3 Å². The van der Waals surface area contributed by atoms with Gasteiger partial charge in [-0.25, -0.2) is 9.38 Å². The summed E-state index contributed by atoms with van der Waals surface area (Å²) in [4.78, 5) is 4.06. The fourth-order valence-electron chi connectivity index (χ4n) is 1.45. The molecule has 0 radical (unpaired) electrons. The van der Waals surface area contributed by atoms with Gasteiger partial charge in [0.15, 0.2) is 0 Å². The van der Waals surface area contributed by atoms with Crippen molar-refractivity contribution in [1.82, 2.24) is 0 Å². The second-order valence-corrected chi connectivity index (χ2v) is 3.38. The molecule has 14 heavy (non-hydrogen) atoms.